The van der Waals surface area contributed by atoms with Gasteiger partial charge in [-0.1, -0.05) is 12.1 Å². The van der Waals surface area contributed by atoms with E-state index in [4.69, 9.17) is 0 Å². The molecule has 0 aliphatic carbocycles. The van der Waals surface area contributed by atoms with Crippen molar-refractivity contribution < 1.29 is 4.92 Å². The molecule has 2 rings (SSSR count). The van der Waals surface area contributed by atoms with Crippen molar-refractivity contribution in [3.63, 3.8) is 0 Å². The summed E-state index contributed by atoms with van der Waals surface area (Å²) in [4.78, 5) is 12.7. The third-order valence-electron chi connectivity index (χ3n) is 3.73. The lowest BCUT2D eigenvalue weighted by atomic mass is 10.1. The van der Waals surface area contributed by atoms with E-state index in [0.717, 1.165) is 32.0 Å². The summed E-state index contributed by atoms with van der Waals surface area (Å²) in [7, 11) is 2.00. The third-order valence-corrected chi connectivity index (χ3v) is 3.73. The number of non-ortho nitro benzene ring substituents is 1. The number of nitro groups is 1. The van der Waals surface area contributed by atoms with Gasteiger partial charge in [-0.25, -0.2) is 0 Å². The smallest absolute Gasteiger partial charge is 0.269 e. The lowest BCUT2D eigenvalue weighted by Gasteiger charge is -2.15. The molecule has 0 bridgehead atoms. The maximum Gasteiger partial charge on any atom is 0.269 e. The first kappa shape index (κ1) is 14.0. The van der Waals surface area contributed by atoms with Crippen LogP contribution in [0.5, 0.6) is 0 Å². The summed E-state index contributed by atoms with van der Waals surface area (Å²) in [5.74, 6) is 0.766. The Bertz CT molecular complexity index is 419. The summed E-state index contributed by atoms with van der Waals surface area (Å²) in [6.45, 7) is 4.46. The molecule has 1 aromatic carbocycles. The highest BCUT2D eigenvalue weighted by molar-refractivity contribution is 5.32. The SMILES string of the molecule is CNCC1CCN(CCc2ccc([N+](=O)[O-])cc2)C1. The van der Waals surface area contributed by atoms with E-state index in [2.05, 4.69) is 10.2 Å². The second-order valence-corrected chi connectivity index (χ2v) is 5.19. The first-order chi connectivity index (χ1) is 9.19. The molecule has 0 amide bonds. The van der Waals surface area contributed by atoms with Crippen LogP contribution in [-0.2, 0) is 6.42 Å². The zero-order valence-corrected chi connectivity index (χ0v) is 11.3. The average Bonchev–Trinajstić information content (AvgIpc) is 2.85. The van der Waals surface area contributed by atoms with E-state index in [9.17, 15) is 10.1 Å². The zero-order valence-electron chi connectivity index (χ0n) is 11.3. The van der Waals surface area contributed by atoms with Crippen molar-refractivity contribution in [2.24, 2.45) is 5.92 Å². The van der Waals surface area contributed by atoms with Crippen LogP contribution in [0, 0.1) is 16.0 Å². The van der Waals surface area contributed by atoms with Gasteiger partial charge in [0.05, 0.1) is 4.92 Å². The Balaban J connectivity index is 1.78. The van der Waals surface area contributed by atoms with Crippen molar-refractivity contribution in [1.29, 1.82) is 0 Å². The van der Waals surface area contributed by atoms with Crippen molar-refractivity contribution in [1.82, 2.24) is 10.2 Å². The second-order valence-electron chi connectivity index (χ2n) is 5.19. The van der Waals surface area contributed by atoms with Gasteiger partial charge in [0.15, 0.2) is 0 Å². The second kappa shape index (κ2) is 6.63. The van der Waals surface area contributed by atoms with Gasteiger partial charge in [0.25, 0.3) is 5.69 Å². The Morgan fingerprint density at radius 3 is 2.79 bits per heavy atom. The minimum absolute atomic E-state index is 0.166. The molecule has 1 unspecified atom stereocenters. The van der Waals surface area contributed by atoms with Gasteiger partial charge < -0.3 is 10.2 Å². The normalized spacial score (nSPS) is 19.7. The van der Waals surface area contributed by atoms with Gasteiger partial charge in [-0.15, -0.1) is 0 Å². The molecule has 1 fully saturated rings. The number of likely N-dealkylation sites (tertiary alicyclic amines) is 1. The molecule has 1 N–H and O–H groups in total. The summed E-state index contributed by atoms with van der Waals surface area (Å²) in [5, 5.41) is 13.8. The van der Waals surface area contributed by atoms with Crippen LogP contribution in [0.25, 0.3) is 0 Å². The summed E-state index contributed by atoms with van der Waals surface area (Å²) in [6, 6.07) is 6.89. The minimum Gasteiger partial charge on any atom is -0.319 e. The number of benzene rings is 1. The summed E-state index contributed by atoms with van der Waals surface area (Å²) < 4.78 is 0. The van der Waals surface area contributed by atoms with Crippen molar-refractivity contribution in [3.05, 3.63) is 39.9 Å². The standard InChI is InChI=1S/C14H21N3O2/c1-15-10-13-7-9-16(11-13)8-6-12-2-4-14(5-3-12)17(18)19/h2-5,13,15H,6-11H2,1H3. The summed E-state index contributed by atoms with van der Waals surface area (Å²) in [6.07, 6.45) is 2.23. The van der Waals surface area contributed by atoms with E-state index in [1.807, 2.05) is 19.2 Å². The minimum atomic E-state index is -0.355. The summed E-state index contributed by atoms with van der Waals surface area (Å²) >= 11 is 0. The molecule has 0 spiro atoms. The lowest BCUT2D eigenvalue weighted by molar-refractivity contribution is -0.384. The molecule has 19 heavy (non-hydrogen) atoms. The van der Waals surface area contributed by atoms with E-state index in [1.54, 1.807) is 12.1 Å². The maximum absolute atomic E-state index is 10.6. The Labute approximate surface area is 113 Å². The number of nitrogens with one attached hydrogen (secondary N) is 1. The predicted molar refractivity (Wildman–Crippen MR) is 75.3 cm³/mol. The molecule has 0 saturated carbocycles. The van der Waals surface area contributed by atoms with Gasteiger partial charge >= 0.3 is 0 Å². The predicted octanol–water partition coefficient (Wildman–Crippen LogP) is 1.68. The monoisotopic (exact) mass is 263 g/mol. The van der Waals surface area contributed by atoms with Crippen LogP contribution in [0.3, 0.4) is 0 Å². The van der Waals surface area contributed by atoms with Crippen molar-refractivity contribution in [2.75, 3.05) is 33.2 Å². The van der Waals surface area contributed by atoms with E-state index in [0.29, 0.717) is 0 Å². The molecule has 1 aliphatic heterocycles. The highest BCUT2D eigenvalue weighted by atomic mass is 16.6. The summed E-state index contributed by atoms with van der Waals surface area (Å²) in [5.41, 5.74) is 1.33. The Morgan fingerprint density at radius 2 is 2.16 bits per heavy atom. The molecule has 0 radical (unpaired) electrons. The van der Waals surface area contributed by atoms with Crippen LogP contribution >= 0.6 is 0 Å². The van der Waals surface area contributed by atoms with Crippen molar-refractivity contribution >= 4 is 5.69 Å². The Morgan fingerprint density at radius 1 is 1.42 bits per heavy atom. The molecular formula is C14H21N3O2. The molecule has 1 heterocycles. The number of nitrogens with zero attached hydrogens (tertiary/aromatic N) is 2. The van der Waals surface area contributed by atoms with E-state index in [-0.39, 0.29) is 10.6 Å². The largest absolute Gasteiger partial charge is 0.319 e. The van der Waals surface area contributed by atoms with Gasteiger partial charge in [0.1, 0.15) is 0 Å². The van der Waals surface area contributed by atoms with E-state index >= 15 is 0 Å². The molecule has 0 aromatic heterocycles. The molecule has 1 aromatic rings. The van der Waals surface area contributed by atoms with E-state index < -0.39 is 0 Å². The van der Waals surface area contributed by atoms with Crippen molar-refractivity contribution in [2.45, 2.75) is 12.8 Å². The van der Waals surface area contributed by atoms with Gasteiger partial charge in [0, 0.05) is 25.2 Å². The highest BCUT2D eigenvalue weighted by Crippen LogP contribution is 2.17. The Kier molecular flexibility index (Phi) is 4.87. The van der Waals surface area contributed by atoms with E-state index in [1.165, 1.54) is 18.5 Å². The first-order valence-electron chi connectivity index (χ1n) is 6.79. The molecule has 5 heteroatoms. The van der Waals surface area contributed by atoms with Crippen LogP contribution in [0.4, 0.5) is 5.69 Å². The fourth-order valence-electron chi connectivity index (χ4n) is 2.64. The number of hydrogen-bond acceptors (Lipinski definition) is 4. The number of hydrogen-bond donors (Lipinski definition) is 1. The molecule has 5 nitrogen and oxygen atoms in total. The van der Waals surface area contributed by atoms with Crippen LogP contribution < -0.4 is 5.32 Å². The van der Waals surface area contributed by atoms with Crippen molar-refractivity contribution in [3.8, 4) is 0 Å². The van der Waals surface area contributed by atoms with Crippen LogP contribution in [0.15, 0.2) is 24.3 Å². The van der Waals surface area contributed by atoms with Crippen LogP contribution in [0.2, 0.25) is 0 Å². The molecule has 1 saturated heterocycles. The molecule has 104 valence electrons. The molecular weight excluding hydrogens is 242 g/mol. The maximum atomic E-state index is 10.6. The fraction of sp³-hybridized carbons (Fsp3) is 0.571. The van der Waals surface area contributed by atoms with Gasteiger partial charge in [-0.05, 0) is 44.5 Å². The van der Waals surface area contributed by atoms with Gasteiger partial charge in [0.2, 0.25) is 0 Å². The van der Waals surface area contributed by atoms with Gasteiger partial charge in [-0.2, -0.15) is 0 Å². The highest BCUT2D eigenvalue weighted by Gasteiger charge is 2.21. The fourth-order valence-corrected chi connectivity index (χ4v) is 2.64. The Hall–Kier alpha value is -1.46. The topological polar surface area (TPSA) is 58.4 Å². The molecule has 1 aliphatic rings. The molecule has 1 atom stereocenters. The third kappa shape index (κ3) is 4.01. The first-order valence-corrected chi connectivity index (χ1v) is 6.79. The lowest BCUT2D eigenvalue weighted by Crippen LogP contribution is -2.26. The van der Waals surface area contributed by atoms with Crippen LogP contribution in [-0.4, -0.2) is 43.0 Å². The zero-order chi connectivity index (χ0) is 13.7. The number of rotatable bonds is 6. The average molecular weight is 263 g/mol. The van der Waals surface area contributed by atoms with Gasteiger partial charge in [-0.3, -0.25) is 10.1 Å². The van der Waals surface area contributed by atoms with Crippen LogP contribution in [0.1, 0.15) is 12.0 Å². The number of nitro benzene ring substituents is 1. The quantitative estimate of drug-likeness (QED) is 0.626.